The molecule has 0 saturated heterocycles. The number of carbonyl (C=O) groups excluding carboxylic acids is 2. The predicted molar refractivity (Wildman–Crippen MR) is 208 cm³/mol. The molecule has 2 amide bonds. The monoisotopic (exact) mass is 717 g/mol. The van der Waals surface area contributed by atoms with Crippen LogP contribution in [0.2, 0.25) is 0 Å². The number of imidazole rings is 1. The molecule has 5 aromatic rings. The third-order valence-electron chi connectivity index (χ3n) is 10.0. The molecule has 0 saturated carbocycles. The van der Waals surface area contributed by atoms with E-state index in [1.807, 2.05) is 62.4 Å². The Morgan fingerprint density at radius 1 is 0.943 bits per heavy atom. The Morgan fingerprint density at radius 2 is 1.72 bits per heavy atom. The van der Waals surface area contributed by atoms with E-state index in [9.17, 15) is 14.4 Å². The highest BCUT2D eigenvalue weighted by Gasteiger charge is 2.30. The molecule has 6 rings (SSSR count). The van der Waals surface area contributed by atoms with Gasteiger partial charge < -0.3 is 35.1 Å². The summed E-state index contributed by atoms with van der Waals surface area (Å²) >= 11 is 0. The number of hydrogen-bond acceptors (Lipinski definition) is 8. The van der Waals surface area contributed by atoms with Gasteiger partial charge in [-0.15, -0.1) is 0 Å². The molecule has 1 aliphatic carbocycles. The van der Waals surface area contributed by atoms with Crippen molar-refractivity contribution in [2.24, 2.45) is 5.92 Å². The zero-order valence-corrected chi connectivity index (χ0v) is 31.1. The minimum Gasteiger partial charge on any atom is -0.493 e. The van der Waals surface area contributed by atoms with Gasteiger partial charge in [-0.3, -0.25) is 14.4 Å². The second-order valence-corrected chi connectivity index (χ2v) is 13.5. The van der Waals surface area contributed by atoms with Crippen molar-refractivity contribution in [3.8, 4) is 28.4 Å². The molecule has 11 heteroatoms. The first-order valence-corrected chi connectivity index (χ1v) is 18.0. The van der Waals surface area contributed by atoms with Crippen LogP contribution in [-0.4, -0.2) is 49.2 Å². The number of nitrogens with one attached hydrogen (secondary N) is 4. The Kier molecular flexibility index (Phi) is 11.3. The van der Waals surface area contributed by atoms with Crippen molar-refractivity contribution in [2.75, 3.05) is 32.0 Å². The molecule has 276 valence electrons. The van der Waals surface area contributed by atoms with E-state index in [2.05, 4.69) is 33.1 Å². The lowest BCUT2D eigenvalue weighted by Gasteiger charge is -2.24. The number of aryl methyl sites for hydroxylation is 3. The second kappa shape index (κ2) is 16.2. The average Bonchev–Trinajstić information content (AvgIpc) is 3.43. The SMILES string of the molecule is CC[C@H](C)[C@H](Nc1ccc2c(cc1=O)[C@H](NC(C)=O)CCc1cc(OC)c(OC)c(OC)c1-2)C(=O)Nc1ccc2nc(CCc3ccccc3)[nH]c2c1. The van der Waals surface area contributed by atoms with Gasteiger partial charge in [-0.05, 0) is 83.8 Å². The molecule has 11 nitrogen and oxygen atoms in total. The van der Waals surface area contributed by atoms with Gasteiger partial charge in [0, 0.05) is 24.6 Å². The highest BCUT2D eigenvalue weighted by molar-refractivity contribution is 5.98. The summed E-state index contributed by atoms with van der Waals surface area (Å²) in [5.41, 5.74) is 6.49. The Labute approximate surface area is 309 Å². The summed E-state index contributed by atoms with van der Waals surface area (Å²) in [5.74, 6) is 1.69. The second-order valence-electron chi connectivity index (χ2n) is 13.5. The Bertz CT molecular complexity index is 2180. The fourth-order valence-corrected chi connectivity index (χ4v) is 7.08. The first-order valence-electron chi connectivity index (χ1n) is 18.0. The van der Waals surface area contributed by atoms with Gasteiger partial charge in [0.1, 0.15) is 11.9 Å². The maximum absolute atomic E-state index is 14.1. The van der Waals surface area contributed by atoms with Crippen LogP contribution in [0.3, 0.4) is 0 Å². The van der Waals surface area contributed by atoms with Gasteiger partial charge in [0.15, 0.2) is 11.5 Å². The number of nitrogens with zero attached hydrogens (tertiary/aromatic N) is 1. The summed E-state index contributed by atoms with van der Waals surface area (Å²) in [4.78, 5) is 48.5. The smallest absolute Gasteiger partial charge is 0.247 e. The number of fused-ring (bicyclic) bond motifs is 4. The molecular formula is C42H47N5O6. The number of benzene rings is 3. The Balaban J connectivity index is 1.32. The van der Waals surface area contributed by atoms with Gasteiger partial charge in [0.2, 0.25) is 23.0 Å². The molecule has 0 spiro atoms. The van der Waals surface area contributed by atoms with Crippen molar-refractivity contribution in [2.45, 2.75) is 65.0 Å². The molecule has 1 aliphatic rings. The molecule has 3 atom stereocenters. The number of aromatic nitrogens is 2. The molecule has 1 heterocycles. The minimum atomic E-state index is -0.730. The van der Waals surface area contributed by atoms with Crippen molar-refractivity contribution in [1.82, 2.24) is 15.3 Å². The van der Waals surface area contributed by atoms with Crippen LogP contribution in [-0.2, 0) is 28.9 Å². The molecule has 0 radical (unpaired) electrons. The summed E-state index contributed by atoms with van der Waals surface area (Å²) in [5, 5.41) is 9.40. The number of methoxy groups -OCH3 is 3. The van der Waals surface area contributed by atoms with Gasteiger partial charge in [-0.2, -0.15) is 0 Å². The summed E-state index contributed by atoms with van der Waals surface area (Å²) in [6, 6.07) is 21.7. The first kappa shape index (κ1) is 36.9. The molecular weight excluding hydrogens is 670 g/mol. The van der Waals surface area contributed by atoms with Crippen LogP contribution < -0.4 is 35.6 Å². The number of rotatable bonds is 13. The number of anilines is 2. The molecule has 0 bridgehead atoms. The maximum Gasteiger partial charge on any atom is 0.247 e. The minimum absolute atomic E-state index is 0.122. The largest absolute Gasteiger partial charge is 0.493 e. The number of amides is 2. The van der Waals surface area contributed by atoms with Crippen LogP contribution in [0, 0.1) is 5.92 Å². The van der Waals surface area contributed by atoms with E-state index in [1.165, 1.54) is 12.5 Å². The van der Waals surface area contributed by atoms with Gasteiger partial charge in [0.05, 0.1) is 44.1 Å². The van der Waals surface area contributed by atoms with Crippen LogP contribution in [0.5, 0.6) is 17.2 Å². The van der Waals surface area contributed by atoms with E-state index in [4.69, 9.17) is 19.2 Å². The van der Waals surface area contributed by atoms with Crippen LogP contribution in [0.4, 0.5) is 11.4 Å². The summed E-state index contributed by atoms with van der Waals surface area (Å²) in [7, 11) is 4.68. The van der Waals surface area contributed by atoms with E-state index in [1.54, 1.807) is 33.5 Å². The third-order valence-corrected chi connectivity index (χ3v) is 10.0. The molecule has 1 aromatic heterocycles. The molecule has 0 fully saturated rings. The normalized spacial score (nSPS) is 14.6. The zero-order valence-electron chi connectivity index (χ0n) is 31.1. The van der Waals surface area contributed by atoms with Gasteiger partial charge in [-0.25, -0.2) is 4.98 Å². The van der Waals surface area contributed by atoms with Crippen molar-refractivity contribution in [3.05, 3.63) is 106 Å². The van der Waals surface area contributed by atoms with Crippen molar-refractivity contribution < 1.29 is 23.8 Å². The Morgan fingerprint density at radius 3 is 2.42 bits per heavy atom. The van der Waals surface area contributed by atoms with Crippen LogP contribution in [0.1, 0.15) is 62.2 Å². The van der Waals surface area contributed by atoms with Crippen molar-refractivity contribution in [3.63, 3.8) is 0 Å². The van der Waals surface area contributed by atoms with Gasteiger partial charge >= 0.3 is 0 Å². The summed E-state index contributed by atoms with van der Waals surface area (Å²) in [6.45, 7) is 5.45. The molecule has 4 N–H and O–H groups in total. The number of aromatic amines is 1. The standard InChI is InChI=1S/C42H47N5O6/c1-7-24(2)39(42(50)44-28-15-18-32-34(22-28)46-37(45-32)20-13-26-11-9-8-10-12-26)47-33-19-16-29-30(23-35(33)49)31(43-25(3)48)17-14-27-21-36(51-4)40(52-5)41(53-6)38(27)29/h8-12,15-16,18-19,21-24,31,39H,7,13-14,17,20H2,1-6H3,(H,43,48)(H,44,50)(H,45,46)(H,47,49)/t24-,31+,39-/m0/s1. The van der Waals surface area contributed by atoms with Gasteiger partial charge in [0.25, 0.3) is 0 Å². The molecule has 0 unspecified atom stereocenters. The zero-order chi connectivity index (χ0) is 37.6. The van der Waals surface area contributed by atoms with Crippen LogP contribution in [0.25, 0.3) is 22.2 Å². The van der Waals surface area contributed by atoms with E-state index < -0.39 is 12.1 Å². The van der Waals surface area contributed by atoms with E-state index in [-0.39, 0.29) is 28.8 Å². The molecule has 4 aromatic carbocycles. The number of hydrogen-bond donors (Lipinski definition) is 4. The number of carbonyl (C=O) groups is 2. The summed E-state index contributed by atoms with van der Waals surface area (Å²) < 4.78 is 17.3. The van der Waals surface area contributed by atoms with E-state index in [0.717, 1.165) is 40.8 Å². The third kappa shape index (κ3) is 7.99. The number of H-pyrrole nitrogens is 1. The van der Waals surface area contributed by atoms with Crippen LogP contribution in [0.15, 0.2) is 77.6 Å². The first-order chi connectivity index (χ1) is 25.6. The molecule has 53 heavy (non-hydrogen) atoms. The fourth-order valence-electron chi connectivity index (χ4n) is 7.08. The summed E-state index contributed by atoms with van der Waals surface area (Å²) in [6.07, 6.45) is 3.45. The van der Waals surface area contributed by atoms with E-state index >= 15 is 0 Å². The highest BCUT2D eigenvalue weighted by Crippen LogP contribution is 2.50. The van der Waals surface area contributed by atoms with Gasteiger partial charge in [-0.1, -0.05) is 56.7 Å². The lowest BCUT2D eigenvalue weighted by molar-refractivity contribution is -0.120. The average molecular weight is 718 g/mol. The lowest BCUT2D eigenvalue weighted by Crippen LogP contribution is -2.40. The lowest BCUT2D eigenvalue weighted by atomic mass is 9.95. The highest BCUT2D eigenvalue weighted by atomic mass is 16.5. The molecule has 0 aliphatic heterocycles. The quantitative estimate of drug-likeness (QED) is 0.102. The fraction of sp³-hybridized carbons (Fsp3) is 0.333. The van der Waals surface area contributed by atoms with Crippen LogP contribution >= 0.6 is 0 Å². The number of ether oxygens (including phenoxy) is 3. The van der Waals surface area contributed by atoms with Crippen molar-refractivity contribution in [1.29, 1.82) is 0 Å². The van der Waals surface area contributed by atoms with E-state index in [0.29, 0.717) is 53.3 Å². The predicted octanol–water partition coefficient (Wildman–Crippen LogP) is 6.99. The maximum atomic E-state index is 14.1. The topological polar surface area (TPSA) is 144 Å². The van der Waals surface area contributed by atoms with Crippen molar-refractivity contribution >= 4 is 34.2 Å². The Hall–Kier alpha value is -5.84.